The maximum Gasteiger partial charge on any atom is 0.268 e. The van der Waals surface area contributed by atoms with Crippen molar-refractivity contribution < 1.29 is 38.0 Å². The zero-order chi connectivity index (χ0) is 40.2. The molecule has 1 amide bonds. The average molecular weight is 783 g/mol. The van der Waals surface area contributed by atoms with Gasteiger partial charge in [-0.25, -0.2) is 0 Å². The molecule has 0 aromatic heterocycles. The number of aliphatic hydroxyl groups excluding tert-OH is 2. The van der Waals surface area contributed by atoms with Gasteiger partial charge in [0.15, 0.2) is 0 Å². The monoisotopic (exact) mass is 783 g/mol. The summed E-state index contributed by atoms with van der Waals surface area (Å²) in [6.07, 6.45) is 40.4. The molecule has 0 radical (unpaired) electrons. The zero-order valence-electron chi connectivity index (χ0n) is 35.3. The maximum absolute atomic E-state index is 12.8. The Balaban J connectivity index is 4.67. The highest BCUT2D eigenvalue weighted by atomic mass is 31.2. The quantitative estimate of drug-likeness (QED) is 0.0187. The van der Waals surface area contributed by atoms with Crippen LogP contribution in [0.5, 0.6) is 0 Å². The lowest BCUT2D eigenvalue weighted by molar-refractivity contribution is -0.870. The van der Waals surface area contributed by atoms with E-state index in [1.165, 1.54) is 103 Å². The summed E-state index contributed by atoms with van der Waals surface area (Å²) in [4.78, 5) is 25.3. The van der Waals surface area contributed by atoms with E-state index in [0.717, 1.165) is 32.1 Å². The molecule has 10 heteroatoms. The van der Waals surface area contributed by atoms with Crippen LogP contribution in [0.2, 0.25) is 0 Å². The predicted octanol–water partition coefficient (Wildman–Crippen LogP) is 10.0. The lowest BCUT2D eigenvalue weighted by Gasteiger charge is -2.29. The summed E-state index contributed by atoms with van der Waals surface area (Å²) in [5.41, 5.74) is 0. The first-order chi connectivity index (χ1) is 25.9. The Hall–Kier alpha value is -1.58. The van der Waals surface area contributed by atoms with Crippen molar-refractivity contribution in [3.8, 4) is 0 Å². The van der Waals surface area contributed by atoms with Crippen LogP contribution in [0.1, 0.15) is 168 Å². The molecule has 54 heavy (non-hydrogen) atoms. The number of carbonyl (C=O) groups excluding carboxylic acids is 1. The highest BCUT2D eigenvalue weighted by Gasteiger charge is 2.23. The minimum atomic E-state index is -4.64. The molecule has 0 rings (SSSR count). The fourth-order valence-corrected chi connectivity index (χ4v) is 6.59. The van der Waals surface area contributed by atoms with E-state index in [-0.39, 0.29) is 18.9 Å². The summed E-state index contributed by atoms with van der Waals surface area (Å²) in [6.45, 7) is 4.46. The molecule has 9 nitrogen and oxygen atoms in total. The van der Waals surface area contributed by atoms with Crippen molar-refractivity contribution in [1.29, 1.82) is 0 Å². The van der Waals surface area contributed by atoms with Crippen LogP contribution in [0.4, 0.5) is 0 Å². The number of hydrogen-bond donors (Lipinski definition) is 3. The standard InChI is InChI=1S/C44H83N2O7P/c1-6-8-10-12-14-16-18-20-22-24-26-28-30-32-36-43(48)42(40-53-54(50,51)52-39-38-46(3,4)5)45-44(49)37-33-35-41(47)34-31-29-27-25-23-21-19-17-15-13-11-9-7-2/h21,23,27,29,31-32,34,36,41-43,47-48H,6-20,22,24-26,28,30,33,35,37-40H2,1-5H3,(H-,45,49,50,51)/b23-21+,29-27+,34-31+,36-32+/t41?,42-,43+/m0/s1. The number of hydrogen-bond acceptors (Lipinski definition) is 7. The van der Waals surface area contributed by atoms with Crippen LogP contribution in [-0.4, -0.2) is 79.8 Å². The Labute approximate surface area is 332 Å². The molecule has 0 bridgehead atoms. The van der Waals surface area contributed by atoms with Crippen molar-refractivity contribution in [1.82, 2.24) is 5.32 Å². The third kappa shape index (κ3) is 37.3. The van der Waals surface area contributed by atoms with E-state index in [1.807, 2.05) is 45.4 Å². The molecule has 0 fully saturated rings. The summed E-state index contributed by atoms with van der Waals surface area (Å²) in [5, 5.41) is 24.0. The molecule has 0 heterocycles. The topological polar surface area (TPSA) is 128 Å². The van der Waals surface area contributed by atoms with Gasteiger partial charge in [-0.05, 0) is 44.9 Å². The first-order valence-electron chi connectivity index (χ1n) is 21.6. The lowest BCUT2D eigenvalue weighted by Crippen LogP contribution is -2.45. The van der Waals surface area contributed by atoms with E-state index in [1.54, 1.807) is 12.2 Å². The second-order valence-electron chi connectivity index (χ2n) is 15.9. The molecule has 0 aromatic carbocycles. The first-order valence-corrected chi connectivity index (χ1v) is 23.1. The molecule has 0 saturated heterocycles. The van der Waals surface area contributed by atoms with Crippen molar-refractivity contribution >= 4 is 13.7 Å². The minimum Gasteiger partial charge on any atom is -0.756 e. The molecular formula is C44H83N2O7P. The number of likely N-dealkylation sites (N-methyl/N-ethyl adjacent to an activating group) is 1. The van der Waals surface area contributed by atoms with Gasteiger partial charge in [-0.15, -0.1) is 0 Å². The third-order valence-corrected chi connectivity index (χ3v) is 10.4. The highest BCUT2D eigenvalue weighted by molar-refractivity contribution is 7.45. The lowest BCUT2D eigenvalue weighted by atomic mass is 10.0. The molecule has 316 valence electrons. The number of rotatable bonds is 38. The van der Waals surface area contributed by atoms with Crippen LogP contribution in [0.3, 0.4) is 0 Å². The Bertz CT molecular complexity index is 1040. The van der Waals surface area contributed by atoms with Crippen LogP contribution >= 0.6 is 7.82 Å². The minimum absolute atomic E-state index is 0.0360. The number of carbonyl (C=O) groups is 1. The van der Waals surface area contributed by atoms with Crippen LogP contribution in [0.25, 0.3) is 0 Å². The number of phosphoric ester groups is 1. The number of phosphoric acid groups is 1. The van der Waals surface area contributed by atoms with Gasteiger partial charge in [0.25, 0.3) is 7.82 Å². The molecule has 2 unspecified atom stereocenters. The van der Waals surface area contributed by atoms with Crippen molar-refractivity contribution in [2.45, 2.75) is 186 Å². The van der Waals surface area contributed by atoms with Gasteiger partial charge < -0.3 is 34.0 Å². The summed E-state index contributed by atoms with van der Waals surface area (Å²) in [7, 11) is 1.14. The van der Waals surface area contributed by atoms with E-state index < -0.39 is 32.7 Å². The molecule has 0 aliphatic carbocycles. The number of aliphatic hydroxyl groups is 2. The maximum atomic E-state index is 12.8. The van der Waals surface area contributed by atoms with Crippen LogP contribution in [0, 0.1) is 0 Å². The molecule has 0 aliphatic rings. The number of unbranched alkanes of at least 4 members (excludes halogenated alkanes) is 18. The van der Waals surface area contributed by atoms with Gasteiger partial charge in [0.2, 0.25) is 5.91 Å². The van der Waals surface area contributed by atoms with Gasteiger partial charge in [-0.1, -0.05) is 165 Å². The van der Waals surface area contributed by atoms with E-state index >= 15 is 0 Å². The summed E-state index contributed by atoms with van der Waals surface area (Å²) < 4.78 is 23.1. The van der Waals surface area contributed by atoms with E-state index in [0.29, 0.717) is 23.9 Å². The summed E-state index contributed by atoms with van der Waals surface area (Å²) >= 11 is 0. The fraction of sp³-hybridized carbons (Fsp3) is 0.795. The number of allylic oxidation sites excluding steroid dienone is 6. The SMILES string of the molecule is CCCCCCCC/C=C/C/C=C/C=C/C(O)CCCC(=O)N[C@@H](COP(=O)([O-])OCC[N+](C)(C)C)[C@H](O)/C=C/CCCCCCCCCCCCCC. The Morgan fingerprint density at radius 1 is 0.704 bits per heavy atom. The molecule has 3 N–H and O–H groups in total. The number of nitrogens with one attached hydrogen (secondary N) is 1. The van der Waals surface area contributed by atoms with E-state index in [2.05, 4.69) is 31.3 Å². The van der Waals surface area contributed by atoms with Crippen molar-refractivity contribution in [2.75, 3.05) is 40.9 Å². The van der Waals surface area contributed by atoms with Gasteiger partial charge in [-0.3, -0.25) is 9.36 Å². The van der Waals surface area contributed by atoms with Gasteiger partial charge in [0, 0.05) is 6.42 Å². The van der Waals surface area contributed by atoms with Crippen molar-refractivity contribution in [2.24, 2.45) is 0 Å². The summed E-state index contributed by atoms with van der Waals surface area (Å²) in [5.74, 6) is -0.354. The highest BCUT2D eigenvalue weighted by Crippen LogP contribution is 2.38. The smallest absolute Gasteiger partial charge is 0.268 e. The van der Waals surface area contributed by atoms with Crippen molar-refractivity contribution in [3.63, 3.8) is 0 Å². The van der Waals surface area contributed by atoms with Gasteiger partial charge >= 0.3 is 0 Å². The number of amides is 1. The molecule has 0 aromatic rings. The second kappa shape index (κ2) is 35.8. The number of quaternary nitrogens is 1. The molecule has 0 spiro atoms. The van der Waals surface area contributed by atoms with Gasteiger partial charge in [0.05, 0.1) is 46.0 Å². The predicted molar refractivity (Wildman–Crippen MR) is 225 cm³/mol. The average Bonchev–Trinajstić information content (AvgIpc) is 3.11. The molecule has 0 saturated carbocycles. The Kier molecular flexibility index (Phi) is 34.8. The normalized spacial score (nSPS) is 15.5. The second-order valence-corrected chi connectivity index (χ2v) is 17.3. The van der Waals surface area contributed by atoms with E-state index in [9.17, 15) is 24.5 Å². The first kappa shape index (κ1) is 52.4. The summed E-state index contributed by atoms with van der Waals surface area (Å²) in [6, 6.07) is -0.977. The van der Waals surface area contributed by atoms with Crippen LogP contribution in [0.15, 0.2) is 48.6 Å². The van der Waals surface area contributed by atoms with Crippen LogP contribution in [-0.2, 0) is 18.4 Å². The third-order valence-electron chi connectivity index (χ3n) is 9.39. The largest absolute Gasteiger partial charge is 0.756 e. The van der Waals surface area contributed by atoms with Crippen molar-refractivity contribution in [3.05, 3.63) is 48.6 Å². The van der Waals surface area contributed by atoms with Crippen LogP contribution < -0.4 is 10.2 Å². The Morgan fingerprint density at radius 3 is 1.80 bits per heavy atom. The van der Waals surface area contributed by atoms with Gasteiger partial charge in [0.1, 0.15) is 13.2 Å². The van der Waals surface area contributed by atoms with E-state index in [4.69, 9.17) is 9.05 Å². The Morgan fingerprint density at radius 2 is 1.24 bits per heavy atom. The van der Waals surface area contributed by atoms with Gasteiger partial charge in [-0.2, -0.15) is 0 Å². The fourth-order valence-electron chi connectivity index (χ4n) is 5.87. The number of nitrogens with zero attached hydrogens (tertiary/aromatic N) is 1. The molecule has 4 atom stereocenters. The zero-order valence-corrected chi connectivity index (χ0v) is 36.2. The molecular weight excluding hydrogens is 699 g/mol. The molecule has 0 aliphatic heterocycles.